The molecule has 1 aromatic rings. The van der Waals surface area contributed by atoms with Crippen molar-refractivity contribution < 1.29 is 14.3 Å². The van der Waals surface area contributed by atoms with Crippen molar-refractivity contribution in [2.24, 2.45) is 5.92 Å². The number of rotatable bonds is 5. The second-order valence-corrected chi connectivity index (χ2v) is 5.56. The van der Waals surface area contributed by atoms with E-state index in [0.29, 0.717) is 25.4 Å². The fraction of sp³-hybridized carbons (Fsp3) is 0.533. The Morgan fingerprint density at radius 2 is 2.29 bits per heavy atom. The van der Waals surface area contributed by atoms with Crippen LogP contribution in [0.3, 0.4) is 0 Å². The van der Waals surface area contributed by atoms with Crippen LogP contribution in [0.2, 0.25) is 0 Å². The molecular formula is C15H21N3O3. The van der Waals surface area contributed by atoms with Gasteiger partial charge in [0.15, 0.2) is 0 Å². The van der Waals surface area contributed by atoms with E-state index in [-0.39, 0.29) is 23.8 Å². The summed E-state index contributed by atoms with van der Waals surface area (Å²) in [6.07, 6.45) is 2.06. The van der Waals surface area contributed by atoms with Crippen molar-refractivity contribution in [3.8, 4) is 5.88 Å². The van der Waals surface area contributed by atoms with Gasteiger partial charge in [-0.15, -0.1) is 0 Å². The van der Waals surface area contributed by atoms with E-state index in [2.05, 4.69) is 10.3 Å². The zero-order chi connectivity index (χ0) is 15.4. The molecule has 0 bridgehead atoms. The van der Waals surface area contributed by atoms with Gasteiger partial charge in [-0.2, -0.15) is 0 Å². The summed E-state index contributed by atoms with van der Waals surface area (Å²) in [6.45, 7) is 4.78. The van der Waals surface area contributed by atoms with Gasteiger partial charge in [-0.1, -0.05) is 6.07 Å². The molecule has 6 nitrogen and oxygen atoms in total. The minimum Gasteiger partial charge on any atom is -0.475 e. The van der Waals surface area contributed by atoms with Crippen molar-refractivity contribution in [1.82, 2.24) is 15.2 Å². The molecule has 1 fully saturated rings. The predicted octanol–water partition coefficient (Wildman–Crippen LogP) is 0.963. The van der Waals surface area contributed by atoms with Gasteiger partial charge in [-0.05, 0) is 19.4 Å². The summed E-state index contributed by atoms with van der Waals surface area (Å²) in [5, 5.41) is 2.84. The molecule has 1 atom stereocenters. The molecule has 1 unspecified atom stereocenters. The standard InChI is InChI=1S/C15H21N3O3/c1-10(2)21-13-5-4-11(7-16-13)8-17-15(20)12-6-14(19)18(3)9-12/h4-5,7,10,12H,6,8-9H2,1-3H3,(H,17,20). The molecule has 114 valence electrons. The first kappa shape index (κ1) is 15.3. The lowest BCUT2D eigenvalue weighted by Crippen LogP contribution is -2.31. The highest BCUT2D eigenvalue weighted by Gasteiger charge is 2.31. The Kier molecular flexibility index (Phi) is 4.77. The van der Waals surface area contributed by atoms with Crippen molar-refractivity contribution in [3.63, 3.8) is 0 Å². The third-order valence-electron chi connectivity index (χ3n) is 3.33. The molecule has 1 aliphatic heterocycles. The van der Waals surface area contributed by atoms with E-state index >= 15 is 0 Å². The highest BCUT2D eigenvalue weighted by atomic mass is 16.5. The summed E-state index contributed by atoms with van der Waals surface area (Å²) in [5.41, 5.74) is 0.900. The molecule has 1 saturated heterocycles. The SMILES string of the molecule is CC(C)Oc1ccc(CNC(=O)C2CC(=O)N(C)C2)cn1. The molecule has 0 aliphatic carbocycles. The lowest BCUT2D eigenvalue weighted by molar-refractivity contribution is -0.128. The Morgan fingerprint density at radius 1 is 1.52 bits per heavy atom. The highest BCUT2D eigenvalue weighted by molar-refractivity contribution is 5.89. The van der Waals surface area contributed by atoms with E-state index in [1.54, 1.807) is 24.2 Å². The van der Waals surface area contributed by atoms with E-state index in [1.165, 1.54) is 0 Å². The van der Waals surface area contributed by atoms with Crippen molar-refractivity contribution in [1.29, 1.82) is 0 Å². The molecule has 21 heavy (non-hydrogen) atoms. The molecule has 1 aliphatic rings. The lowest BCUT2D eigenvalue weighted by Gasteiger charge is -2.12. The van der Waals surface area contributed by atoms with Gasteiger partial charge in [0.1, 0.15) is 0 Å². The Morgan fingerprint density at radius 3 is 2.81 bits per heavy atom. The van der Waals surface area contributed by atoms with E-state index in [9.17, 15) is 9.59 Å². The fourth-order valence-electron chi connectivity index (χ4n) is 2.20. The van der Waals surface area contributed by atoms with E-state index in [0.717, 1.165) is 5.56 Å². The largest absolute Gasteiger partial charge is 0.475 e. The molecule has 0 saturated carbocycles. The van der Waals surface area contributed by atoms with Gasteiger partial charge < -0.3 is 15.0 Å². The molecule has 2 amide bonds. The maximum absolute atomic E-state index is 12.0. The molecule has 6 heteroatoms. The number of amides is 2. The van der Waals surface area contributed by atoms with Crippen molar-refractivity contribution in [2.45, 2.75) is 32.9 Å². The topological polar surface area (TPSA) is 71.5 Å². The van der Waals surface area contributed by atoms with Crippen molar-refractivity contribution in [3.05, 3.63) is 23.9 Å². The maximum Gasteiger partial charge on any atom is 0.225 e. The van der Waals surface area contributed by atoms with Crippen molar-refractivity contribution in [2.75, 3.05) is 13.6 Å². The van der Waals surface area contributed by atoms with Crippen LogP contribution in [0.5, 0.6) is 5.88 Å². The van der Waals surface area contributed by atoms with Gasteiger partial charge in [0.25, 0.3) is 0 Å². The van der Waals surface area contributed by atoms with Crippen LogP contribution in [0.25, 0.3) is 0 Å². The summed E-state index contributed by atoms with van der Waals surface area (Å²) in [6, 6.07) is 3.66. The van der Waals surface area contributed by atoms with Gasteiger partial charge in [0.2, 0.25) is 17.7 Å². The molecule has 1 N–H and O–H groups in total. The van der Waals surface area contributed by atoms with Crippen LogP contribution in [0.1, 0.15) is 25.8 Å². The number of hydrogen-bond donors (Lipinski definition) is 1. The van der Waals surface area contributed by atoms with Gasteiger partial charge in [0, 0.05) is 38.8 Å². The van der Waals surface area contributed by atoms with Crippen LogP contribution in [0.15, 0.2) is 18.3 Å². The number of ether oxygens (including phenoxy) is 1. The Labute approximate surface area is 124 Å². The zero-order valence-electron chi connectivity index (χ0n) is 12.6. The van der Waals surface area contributed by atoms with Crippen LogP contribution in [0, 0.1) is 5.92 Å². The number of likely N-dealkylation sites (tertiary alicyclic amines) is 1. The number of carbonyl (C=O) groups is 2. The molecule has 2 heterocycles. The average Bonchev–Trinajstić information content (AvgIpc) is 2.77. The molecule has 2 rings (SSSR count). The van der Waals surface area contributed by atoms with E-state index in [1.807, 2.05) is 19.9 Å². The normalized spacial score (nSPS) is 18.2. The quantitative estimate of drug-likeness (QED) is 0.877. The summed E-state index contributed by atoms with van der Waals surface area (Å²) < 4.78 is 5.46. The smallest absolute Gasteiger partial charge is 0.225 e. The summed E-state index contributed by atoms with van der Waals surface area (Å²) >= 11 is 0. The molecule has 0 radical (unpaired) electrons. The third kappa shape index (κ3) is 4.18. The van der Waals surface area contributed by atoms with Gasteiger partial charge in [-0.25, -0.2) is 4.98 Å². The van der Waals surface area contributed by atoms with Crippen LogP contribution in [-0.4, -0.2) is 41.4 Å². The van der Waals surface area contributed by atoms with Crippen LogP contribution >= 0.6 is 0 Å². The summed E-state index contributed by atoms with van der Waals surface area (Å²) in [5.74, 6) is 0.254. The first-order valence-electron chi connectivity index (χ1n) is 7.09. The Hall–Kier alpha value is -2.11. The monoisotopic (exact) mass is 291 g/mol. The minimum atomic E-state index is -0.251. The summed E-state index contributed by atoms with van der Waals surface area (Å²) in [4.78, 5) is 29.2. The van der Waals surface area contributed by atoms with E-state index in [4.69, 9.17) is 4.74 Å². The number of pyridine rings is 1. The first-order chi connectivity index (χ1) is 9.95. The number of aromatic nitrogens is 1. The molecule has 0 aromatic carbocycles. The highest BCUT2D eigenvalue weighted by Crippen LogP contribution is 2.16. The van der Waals surface area contributed by atoms with Crippen LogP contribution in [0.4, 0.5) is 0 Å². The fourth-order valence-corrected chi connectivity index (χ4v) is 2.20. The van der Waals surface area contributed by atoms with E-state index < -0.39 is 0 Å². The second-order valence-electron chi connectivity index (χ2n) is 5.56. The average molecular weight is 291 g/mol. The Bertz CT molecular complexity index is 513. The molecule has 1 aromatic heterocycles. The minimum absolute atomic E-state index is 0.0204. The summed E-state index contributed by atoms with van der Waals surface area (Å²) in [7, 11) is 1.72. The number of hydrogen-bond acceptors (Lipinski definition) is 4. The first-order valence-corrected chi connectivity index (χ1v) is 7.09. The van der Waals surface area contributed by atoms with Gasteiger partial charge >= 0.3 is 0 Å². The predicted molar refractivity (Wildman–Crippen MR) is 77.6 cm³/mol. The van der Waals surface area contributed by atoms with Gasteiger partial charge in [0.05, 0.1) is 12.0 Å². The number of nitrogens with one attached hydrogen (secondary N) is 1. The van der Waals surface area contributed by atoms with Crippen LogP contribution < -0.4 is 10.1 Å². The van der Waals surface area contributed by atoms with Crippen molar-refractivity contribution >= 4 is 11.8 Å². The second kappa shape index (κ2) is 6.56. The zero-order valence-corrected chi connectivity index (χ0v) is 12.6. The Balaban J connectivity index is 1.83. The molecular weight excluding hydrogens is 270 g/mol. The molecule has 0 spiro atoms. The third-order valence-corrected chi connectivity index (χ3v) is 3.33. The number of carbonyl (C=O) groups excluding carboxylic acids is 2. The maximum atomic E-state index is 12.0. The van der Waals surface area contributed by atoms with Gasteiger partial charge in [-0.3, -0.25) is 9.59 Å². The lowest BCUT2D eigenvalue weighted by atomic mass is 10.1. The van der Waals surface area contributed by atoms with Crippen LogP contribution in [-0.2, 0) is 16.1 Å². The number of nitrogens with zero attached hydrogens (tertiary/aromatic N) is 2.